The molecule has 0 spiro atoms. The van der Waals surface area contributed by atoms with E-state index >= 15 is 0 Å². The molecule has 0 aliphatic carbocycles. The van der Waals surface area contributed by atoms with E-state index in [1.807, 2.05) is 26.0 Å². The third-order valence-electron chi connectivity index (χ3n) is 2.57. The minimum Gasteiger partial charge on any atom is -0.308 e. The molecule has 0 aliphatic rings. The molecule has 0 atom stereocenters. The van der Waals surface area contributed by atoms with E-state index in [1.54, 1.807) is 10.8 Å². The van der Waals surface area contributed by atoms with Crippen LogP contribution in [0.5, 0.6) is 0 Å². The Morgan fingerprint density at radius 2 is 2.37 bits per heavy atom. The largest absolute Gasteiger partial charge is 0.344 e. The fourth-order valence-electron chi connectivity index (χ4n) is 1.67. The smallest absolute Gasteiger partial charge is 0.308 e. The van der Waals surface area contributed by atoms with E-state index in [0.717, 1.165) is 5.56 Å². The van der Waals surface area contributed by atoms with Crippen molar-refractivity contribution in [1.82, 2.24) is 19.7 Å². The predicted molar refractivity (Wildman–Crippen MR) is 74.8 cm³/mol. The van der Waals surface area contributed by atoms with E-state index in [1.165, 1.54) is 11.8 Å². The quantitative estimate of drug-likeness (QED) is 0.431. The number of hydrogen-bond donors (Lipinski definition) is 3. The summed E-state index contributed by atoms with van der Waals surface area (Å²) in [5.41, 5.74) is 3.32. The van der Waals surface area contributed by atoms with Gasteiger partial charge in [0.15, 0.2) is 5.16 Å². The monoisotopic (exact) mass is 280 g/mol. The van der Waals surface area contributed by atoms with Gasteiger partial charge < -0.3 is 5.43 Å². The molecule has 0 amide bonds. The molecule has 0 unspecified atom stereocenters. The average molecular weight is 280 g/mol. The van der Waals surface area contributed by atoms with Crippen LogP contribution in [0.15, 0.2) is 28.3 Å². The van der Waals surface area contributed by atoms with E-state index in [0.29, 0.717) is 16.7 Å². The summed E-state index contributed by atoms with van der Waals surface area (Å²) in [6, 6.07) is 3.84. The summed E-state index contributed by atoms with van der Waals surface area (Å²) in [5, 5.41) is 7.15. The van der Waals surface area contributed by atoms with Crippen molar-refractivity contribution in [3.8, 4) is 0 Å². The SMILES string of the molecule is CC(C)n1c(SCc2cccnc2NN)n[nH]c1=O. The van der Waals surface area contributed by atoms with Crippen LogP contribution in [0.2, 0.25) is 0 Å². The Labute approximate surface area is 114 Å². The number of thioether (sulfide) groups is 1. The maximum Gasteiger partial charge on any atom is 0.344 e. The Morgan fingerprint density at radius 1 is 1.58 bits per heavy atom. The molecule has 0 saturated heterocycles. The van der Waals surface area contributed by atoms with Gasteiger partial charge in [0.1, 0.15) is 5.82 Å². The third-order valence-corrected chi connectivity index (χ3v) is 3.57. The molecule has 8 heteroatoms. The van der Waals surface area contributed by atoms with Gasteiger partial charge in [-0.3, -0.25) is 4.57 Å². The van der Waals surface area contributed by atoms with Gasteiger partial charge in [-0.05, 0) is 19.9 Å². The van der Waals surface area contributed by atoms with Crippen molar-refractivity contribution in [2.24, 2.45) is 5.84 Å². The van der Waals surface area contributed by atoms with E-state index < -0.39 is 0 Å². The lowest BCUT2D eigenvalue weighted by Crippen LogP contribution is -2.19. The first-order chi connectivity index (χ1) is 9.13. The number of pyridine rings is 1. The zero-order valence-corrected chi connectivity index (χ0v) is 11.6. The highest BCUT2D eigenvalue weighted by molar-refractivity contribution is 7.98. The fraction of sp³-hybridized carbons (Fsp3) is 0.364. The number of aromatic amines is 1. The van der Waals surface area contributed by atoms with Gasteiger partial charge in [-0.2, -0.15) is 0 Å². The summed E-state index contributed by atoms with van der Waals surface area (Å²) >= 11 is 1.46. The van der Waals surface area contributed by atoms with Crippen LogP contribution in [0, 0.1) is 0 Å². The number of nitrogens with one attached hydrogen (secondary N) is 2. The zero-order chi connectivity index (χ0) is 13.8. The normalized spacial score (nSPS) is 10.9. The molecule has 0 fully saturated rings. The lowest BCUT2D eigenvalue weighted by molar-refractivity contribution is 0.534. The van der Waals surface area contributed by atoms with E-state index in [9.17, 15) is 4.79 Å². The molecule has 0 saturated carbocycles. The molecular formula is C11H16N6OS. The highest BCUT2D eigenvalue weighted by Gasteiger charge is 2.12. The molecule has 2 aromatic rings. The molecule has 0 aliphatic heterocycles. The molecule has 2 aromatic heterocycles. The lowest BCUT2D eigenvalue weighted by atomic mass is 10.3. The summed E-state index contributed by atoms with van der Waals surface area (Å²) in [7, 11) is 0. The van der Waals surface area contributed by atoms with Crippen LogP contribution in [-0.4, -0.2) is 19.7 Å². The van der Waals surface area contributed by atoms with Gasteiger partial charge in [0, 0.05) is 23.6 Å². The number of rotatable bonds is 5. The third kappa shape index (κ3) is 2.96. The topological polar surface area (TPSA) is 102 Å². The van der Waals surface area contributed by atoms with E-state index in [2.05, 4.69) is 20.6 Å². The number of anilines is 1. The van der Waals surface area contributed by atoms with Crippen LogP contribution in [0.25, 0.3) is 0 Å². The van der Waals surface area contributed by atoms with Crippen LogP contribution < -0.4 is 17.0 Å². The van der Waals surface area contributed by atoms with Crippen LogP contribution >= 0.6 is 11.8 Å². The molecule has 7 nitrogen and oxygen atoms in total. The summed E-state index contributed by atoms with van der Waals surface area (Å²) < 4.78 is 1.62. The first kappa shape index (κ1) is 13.6. The molecule has 2 heterocycles. The first-order valence-corrected chi connectivity index (χ1v) is 6.82. The number of nitrogen functional groups attached to an aromatic ring is 1. The molecular weight excluding hydrogens is 264 g/mol. The minimum atomic E-state index is -0.194. The van der Waals surface area contributed by atoms with Gasteiger partial charge in [0.05, 0.1) is 0 Å². The summed E-state index contributed by atoms with van der Waals surface area (Å²) in [4.78, 5) is 15.7. The Bertz CT molecular complexity index is 605. The highest BCUT2D eigenvalue weighted by Crippen LogP contribution is 2.24. The number of hydrogen-bond acceptors (Lipinski definition) is 6. The predicted octanol–water partition coefficient (Wildman–Crippen LogP) is 1.13. The molecule has 2 rings (SSSR count). The molecule has 4 N–H and O–H groups in total. The summed E-state index contributed by atoms with van der Waals surface area (Å²) in [6.45, 7) is 3.88. The van der Waals surface area contributed by atoms with E-state index in [-0.39, 0.29) is 11.7 Å². The van der Waals surface area contributed by atoms with Crippen LogP contribution in [0.1, 0.15) is 25.5 Å². The van der Waals surface area contributed by atoms with Gasteiger partial charge in [-0.1, -0.05) is 17.8 Å². The molecule has 19 heavy (non-hydrogen) atoms. The summed E-state index contributed by atoms with van der Waals surface area (Å²) in [5.74, 6) is 6.66. The molecule has 0 bridgehead atoms. The second-order valence-corrected chi connectivity index (χ2v) is 5.16. The number of aromatic nitrogens is 4. The van der Waals surface area contributed by atoms with Gasteiger partial charge in [0.2, 0.25) is 0 Å². The fourth-order valence-corrected chi connectivity index (χ4v) is 2.74. The number of hydrazine groups is 1. The standard InChI is InChI=1S/C11H16N6OS/c1-7(2)17-10(18)15-16-11(17)19-6-8-4-3-5-13-9(8)14-12/h3-5,7H,6,12H2,1-2H3,(H,13,14)(H,15,18). The second kappa shape index (κ2) is 5.89. The second-order valence-electron chi connectivity index (χ2n) is 4.22. The number of H-pyrrole nitrogens is 1. The van der Waals surface area contributed by atoms with E-state index in [4.69, 9.17) is 5.84 Å². The van der Waals surface area contributed by atoms with Crippen LogP contribution in [0.3, 0.4) is 0 Å². The minimum absolute atomic E-state index is 0.0646. The zero-order valence-electron chi connectivity index (χ0n) is 10.8. The first-order valence-electron chi connectivity index (χ1n) is 5.83. The van der Waals surface area contributed by atoms with Crippen molar-refractivity contribution in [2.75, 3.05) is 5.43 Å². The van der Waals surface area contributed by atoms with Gasteiger partial charge >= 0.3 is 5.69 Å². The van der Waals surface area contributed by atoms with Gasteiger partial charge in [-0.15, -0.1) is 5.10 Å². The van der Waals surface area contributed by atoms with Crippen molar-refractivity contribution in [3.05, 3.63) is 34.4 Å². The molecule has 0 radical (unpaired) electrons. The number of nitrogens with zero attached hydrogens (tertiary/aromatic N) is 3. The highest BCUT2D eigenvalue weighted by atomic mass is 32.2. The van der Waals surface area contributed by atoms with Crippen molar-refractivity contribution >= 4 is 17.6 Å². The number of nitrogens with two attached hydrogens (primary N) is 1. The van der Waals surface area contributed by atoms with Gasteiger partial charge in [0.25, 0.3) is 0 Å². The Hall–Kier alpha value is -1.80. The Kier molecular flexibility index (Phi) is 4.23. The van der Waals surface area contributed by atoms with Crippen LogP contribution in [0.4, 0.5) is 5.82 Å². The van der Waals surface area contributed by atoms with Crippen molar-refractivity contribution in [1.29, 1.82) is 0 Å². The maximum absolute atomic E-state index is 11.6. The Morgan fingerprint density at radius 3 is 3.05 bits per heavy atom. The van der Waals surface area contributed by atoms with Crippen molar-refractivity contribution in [2.45, 2.75) is 30.8 Å². The van der Waals surface area contributed by atoms with Crippen LogP contribution in [-0.2, 0) is 5.75 Å². The van der Waals surface area contributed by atoms with Gasteiger partial charge in [-0.25, -0.2) is 20.7 Å². The average Bonchev–Trinajstić information content (AvgIpc) is 2.78. The van der Waals surface area contributed by atoms with Crippen molar-refractivity contribution in [3.63, 3.8) is 0 Å². The van der Waals surface area contributed by atoms with Crippen molar-refractivity contribution < 1.29 is 0 Å². The maximum atomic E-state index is 11.6. The molecule has 102 valence electrons. The molecule has 0 aromatic carbocycles. The summed E-state index contributed by atoms with van der Waals surface area (Å²) in [6.07, 6.45) is 1.67. The Balaban J connectivity index is 2.17. The lowest BCUT2D eigenvalue weighted by Gasteiger charge is -2.09.